The van der Waals surface area contributed by atoms with Crippen LogP contribution in [0.5, 0.6) is 0 Å². The maximum Gasteiger partial charge on any atom is 0.271 e. The van der Waals surface area contributed by atoms with E-state index in [2.05, 4.69) is 22.7 Å². The number of nitrogens with zero attached hydrogens (tertiary/aromatic N) is 2. The van der Waals surface area contributed by atoms with Crippen LogP contribution in [-0.4, -0.2) is 35.3 Å². The van der Waals surface area contributed by atoms with Gasteiger partial charge < -0.3 is 10.6 Å². The number of piperidine rings is 1. The molecule has 2 heterocycles. The molecule has 1 aromatic heterocycles. The van der Waals surface area contributed by atoms with E-state index >= 15 is 0 Å². The zero-order valence-corrected chi connectivity index (χ0v) is 11.4. The topological polar surface area (TPSA) is 59.0 Å². The lowest BCUT2D eigenvalue weighted by Crippen LogP contribution is -2.45. The summed E-state index contributed by atoms with van der Waals surface area (Å²) in [6.07, 6.45) is 2.33. The first-order valence-electron chi connectivity index (χ1n) is 6.50. The molecule has 5 heteroatoms. The Morgan fingerprint density at radius 1 is 1.67 bits per heavy atom. The SMILES string of the molecule is Cc1cc(C(=O)NCC2(C)CCCNC2)nn1C. The molecule has 0 saturated carbocycles. The molecule has 1 atom stereocenters. The molecular weight excluding hydrogens is 228 g/mol. The van der Waals surface area contributed by atoms with Crippen LogP contribution in [0.1, 0.15) is 35.9 Å². The van der Waals surface area contributed by atoms with Gasteiger partial charge in [0.25, 0.3) is 5.91 Å². The van der Waals surface area contributed by atoms with E-state index in [0.29, 0.717) is 12.2 Å². The molecule has 1 unspecified atom stereocenters. The summed E-state index contributed by atoms with van der Waals surface area (Å²) in [5.74, 6) is -0.0782. The molecule has 0 spiro atoms. The molecule has 0 radical (unpaired) electrons. The van der Waals surface area contributed by atoms with E-state index in [-0.39, 0.29) is 11.3 Å². The van der Waals surface area contributed by atoms with Crippen molar-refractivity contribution in [1.82, 2.24) is 20.4 Å². The first-order chi connectivity index (χ1) is 8.50. The monoisotopic (exact) mass is 250 g/mol. The van der Waals surface area contributed by atoms with E-state index in [1.807, 2.05) is 20.0 Å². The van der Waals surface area contributed by atoms with Crippen LogP contribution in [0, 0.1) is 12.3 Å². The lowest BCUT2D eigenvalue weighted by atomic mass is 9.83. The Kier molecular flexibility index (Phi) is 3.71. The zero-order chi connectivity index (χ0) is 13.2. The third kappa shape index (κ3) is 2.90. The molecule has 2 N–H and O–H groups in total. The summed E-state index contributed by atoms with van der Waals surface area (Å²) < 4.78 is 1.72. The molecule has 5 nitrogen and oxygen atoms in total. The van der Waals surface area contributed by atoms with Gasteiger partial charge in [-0.15, -0.1) is 0 Å². The molecule has 1 aliphatic rings. The average molecular weight is 250 g/mol. The van der Waals surface area contributed by atoms with Crippen molar-refractivity contribution in [2.75, 3.05) is 19.6 Å². The number of carbonyl (C=O) groups excluding carboxylic acids is 1. The van der Waals surface area contributed by atoms with Crippen molar-refractivity contribution in [1.29, 1.82) is 0 Å². The Hall–Kier alpha value is -1.36. The highest BCUT2D eigenvalue weighted by molar-refractivity contribution is 5.92. The summed E-state index contributed by atoms with van der Waals surface area (Å²) in [6.45, 7) is 6.91. The fourth-order valence-electron chi connectivity index (χ4n) is 2.33. The first-order valence-corrected chi connectivity index (χ1v) is 6.50. The smallest absolute Gasteiger partial charge is 0.271 e. The van der Waals surface area contributed by atoms with Crippen LogP contribution >= 0.6 is 0 Å². The molecule has 100 valence electrons. The van der Waals surface area contributed by atoms with Crippen LogP contribution < -0.4 is 10.6 Å². The number of hydrogen-bond donors (Lipinski definition) is 2. The molecule has 0 bridgehead atoms. The van der Waals surface area contributed by atoms with Crippen LogP contribution in [0.25, 0.3) is 0 Å². The Morgan fingerprint density at radius 2 is 2.44 bits per heavy atom. The first kappa shape index (κ1) is 13.1. The summed E-state index contributed by atoms with van der Waals surface area (Å²) in [7, 11) is 1.85. The van der Waals surface area contributed by atoms with Crippen LogP contribution in [0.2, 0.25) is 0 Å². The molecule has 1 saturated heterocycles. The van der Waals surface area contributed by atoms with Gasteiger partial charge in [-0.25, -0.2) is 0 Å². The normalized spacial score (nSPS) is 23.9. The zero-order valence-electron chi connectivity index (χ0n) is 11.4. The van der Waals surface area contributed by atoms with Crippen molar-refractivity contribution >= 4 is 5.91 Å². The van der Waals surface area contributed by atoms with Gasteiger partial charge >= 0.3 is 0 Å². The van der Waals surface area contributed by atoms with Crippen molar-refractivity contribution in [2.45, 2.75) is 26.7 Å². The van der Waals surface area contributed by atoms with E-state index in [1.54, 1.807) is 4.68 Å². The van der Waals surface area contributed by atoms with Crippen LogP contribution in [0.15, 0.2) is 6.07 Å². The second-order valence-corrected chi connectivity index (χ2v) is 5.57. The van der Waals surface area contributed by atoms with E-state index in [9.17, 15) is 4.79 Å². The van der Waals surface area contributed by atoms with Gasteiger partial charge in [-0.05, 0) is 37.8 Å². The molecular formula is C13H22N4O. The van der Waals surface area contributed by atoms with Gasteiger partial charge in [0.2, 0.25) is 0 Å². The fraction of sp³-hybridized carbons (Fsp3) is 0.692. The van der Waals surface area contributed by atoms with Gasteiger partial charge in [-0.1, -0.05) is 6.92 Å². The highest BCUT2D eigenvalue weighted by Crippen LogP contribution is 2.24. The number of aromatic nitrogens is 2. The van der Waals surface area contributed by atoms with E-state index in [1.165, 1.54) is 6.42 Å². The number of amides is 1. The van der Waals surface area contributed by atoms with Crippen molar-refractivity contribution < 1.29 is 4.79 Å². The molecule has 0 aliphatic carbocycles. The predicted molar refractivity (Wildman–Crippen MR) is 70.5 cm³/mol. The van der Waals surface area contributed by atoms with Gasteiger partial charge in [-0.2, -0.15) is 5.10 Å². The summed E-state index contributed by atoms with van der Waals surface area (Å²) in [4.78, 5) is 12.0. The molecule has 1 fully saturated rings. The summed E-state index contributed by atoms with van der Waals surface area (Å²) >= 11 is 0. The maximum atomic E-state index is 12.0. The third-order valence-corrected chi connectivity index (χ3v) is 3.71. The Morgan fingerprint density at radius 3 is 3.00 bits per heavy atom. The number of nitrogens with one attached hydrogen (secondary N) is 2. The lowest BCUT2D eigenvalue weighted by Gasteiger charge is -2.34. The molecule has 18 heavy (non-hydrogen) atoms. The van der Waals surface area contributed by atoms with Crippen LogP contribution in [0.4, 0.5) is 0 Å². The quantitative estimate of drug-likeness (QED) is 0.836. The average Bonchev–Trinajstić information content (AvgIpc) is 2.68. The van der Waals surface area contributed by atoms with E-state index in [4.69, 9.17) is 0 Å². The minimum atomic E-state index is -0.0782. The maximum absolute atomic E-state index is 12.0. The Labute approximate surface area is 108 Å². The van der Waals surface area contributed by atoms with Gasteiger partial charge in [0, 0.05) is 25.8 Å². The number of hydrogen-bond acceptors (Lipinski definition) is 3. The fourth-order valence-corrected chi connectivity index (χ4v) is 2.33. The van der Waals surface area contributed by atoms with Crippen molar-refractivity contribution in [2.24, 2.45) is 12.5 Å². The predicted octanol–water partition coefficient (Wildman–Crippen LogP) is 0.848. The van der Waals surface area contributed by atoms with Gasteiger partial charge in [0.15, 0.2) is 0 Å². The van der Waals surface area contributed by atoms with E-state index in [0.717, 1.165) is 25.2 Å². The number of aryl methyl sites for hydroxylation is 2. The molecule has 2 rings (SSSR count). The minimum absolute atomic E-state index is 0.0782. The number of carbonyl (C=O) groups is 1. The molecule has 1 amide bonds. The summed E-state index contributed by atoms with van der Waals surface area (Å²) in [6, 6.07) is 1.82. The standard InChI is InChI=1S/C13H22N4O/c1-10-7-11(16-17(10)3)12(18)15-9-13(2)5-4-6-14-8-13/h7,14H,4-6,8-9H2,1-3H3,(H,15,18). The third-order valence-electron chi connectivity index (χ3n) is 3.71. The van der Waals surface area contributed by atoms with Crippen molar-refractivity contribution in [3.8, 4) is 0 Å². The van der Waals surface area contributed by atoms with Crippen LogP contribution in [0.3, 0.4) is 0 Å². The minimum Gasteiger partial charge on any atom is -0.350 e. The van der Waals surface area contributed by atoms with E-state index < -0.39 is 0 Å². The van der Waals surface area contributed by atoms with Gasteiger partial charge in [0.1, 0.15) is 5.69 Å². The lowest BCUT2D eigenvalue weighted by molar-refractivity contribution is 0.0919. The largest absolute Gasteiger partial charge is 0.350 e. The molecule has 1 aromatic rings. The van der Waals surface area contributed by atoms with Crippen molar-refractivity contribution in [3.05, 3.63) is 17.5 Å². The highest BCUT2D eigenvalue weighted by Gasteiger charge is 2.27. The molecule has 1 aliphatic heterocycles. The Balaban J connectivity index is 1.91. The summed E-state index contributed by atoms with van der Waals surface area (Å²) in [5, 5.41) is 10.6. The second kappa shape index (κ2) is 5.10. The number of rotatable bonds is 3. The van der Waals surface area contributed by atoms with Crippen molar-refractivity contribution in [3.63, 3.8) is 0 Å². The Bertz CT molecular complexity index is 413. The van der Waals surface area contributed by atoms with Gasteiger partial charge in [-0.3, -0.25) is 9.48 Å². The van der Waals surface area contributed by atoms with Gasteiger partial charge in [0.05, 0.1) is 0 Å². The highest BCUT2D eigenvalue weighted by atomic mass is 16.1. The molecule has 0 aromatic carbocycles. The summed E-state index contributed by atoms with van der Waals surface area (Å²) in [5.41, 5.74) is 1.66. The van der Waals surface area contributed by atoms with Crippen LogP contribution in [-0.2, 0) is 7.05 Å². The second-order valence-electron chi connectivity index (χ2n) is 5.57.